The van der Waals surface area contributed by atoms with Crippen molar-refractivity contribution in [3.05, 3.63) is 47.7 Å². The second-order valence-electron chi connectivity index (χ2n) is 6.91. The number of hydrogen-bond donors (Lipinski definition) is 1. The summed E-state index contributed by atoms with van der Waals surface area (Å²) in [7, 11) is 0. The second kappa shape index (κ2) is 6.36. The molecule has 0 aliphatic carbocycles. The van der Waals surface area contributed by atoms with Crippen LogP contribution in [0.15, 0.2) is 36.5 Å². The molecule has 3 heterocycles. The molecule has 1 fully saturated rings. The highest BCUT2D eigenvalue weighted by atomic mass is 15.1. The number of nitrogens with zero attached hydrogens (tertiary/aromatic N) is 3. The maximum absolute atomic E-state index is 4.95. The Morgan fingerprint density at radius 2 is 1.96 bits per heavy atom. The van der Waals surface area contributed by atoms with Gasteiger partial charge in [-0.15, -0.1) is 0 Å². The molecule has 2 aromatic heterocycles. The van der Waals surface area contributed by atoms with Gasteiger partial charge in [0.1, 0.15) is 11.3 Å². The number of imidazole rings is 1. The van der Waals surface area contributed by atoms with Crippen LogP contribution in [0.4, 0.5) is 0 Å². The summed E-state index contributed by atoms with van der Waals surface area (Å²) in [6, 6.07) is 10.6. The lowest BCUT2D eigenvalue weighted by Gasteiger charge is -2.24. The van der Waals surface area contributed by atoms with E-state index in [9.17, 15) is 0 Å². The molecule has 4 heteroatoms. The van der Waals surface area contributed by atoms with Gasteiger partial charge in [-0.2, -0.15) is 0 Å². The third-order valence-electron chi connectivity index (χ3n) is 5.01. The predicted octanol–water partition coefficient (Wildman–Crippen LogP) is 3.71. The molecule has 1 N–H and O–H groups in total. The normalized spacial score (nSPS) is 15.9. The fourth-order valence-electron chi connectivity index (χ4n) is 3.64. The van der Waals surface area contributed by atoms with Gasteiger partial charge in [0.2, 0.25) is 0 Å². The maximum Gasteiger partial charge on any atom is 0.160 e. The molecule has 24 heavy (non-hydrogen) atoms. The van der Waals surface area contributed by atoms with Crippen LogP contribution in [-0.4, -0.2) is 27.6 Å². The van der Waals surface area contributed by atoms with E-state index in [1.165, 1.54) is 24.0 Å². The summed E-state index contributed by atoms with van der Waals surface area (Å²) in [5.74, 6) is 1.74. The Bertz CT molecular complexity index is 859. The third-order valence-corrected chi connectivity index (χ3v) is 5.01. The van der Waals surface area contributed by atoms with Gasteiger partial charge in [0.25, 0.3) is 0 Å². The molecule has 0 atom stereocenters. The van der Waals surface area contributed by atoms with Crippen molar-refractivity contribution in [2.45, 2.75) is 33.2 Å². The number of rotatable bonds is 3. The highest BCUT2D eigenvalue weighted by molar-refractivity contribution is 5.78. The second-order valence-corrected chi connectivity index (χ2v) is 6.91. The Kier molecular flexibility index (Phi) is 4.07. The van der Waals surface area contributed by atoms with Crippen LogP contribution in [0.3, 0.4) is 0 Å². The van der Waals surface area contributed by atoms with Gasteiger partial charge in [-0.1, -0.05) is 24.3 Å². The van der Waals surface area contributed by atoms with Crippen molar-refractivity contribution in [2.24, 2.45) is 5.92 Å². The van der Waals surface area contributed by atoms with Crippen molar-refractivity contribution in [1.29, 1.82) is 0 Å². The molecule has 124 valence electrons. The number of aryl methyl sites for hydroxylation is 2. The van der Waals surface area contributed by atoms with Crippen LogP contribution < -0.4 is 5.32 Å². The van der Waals surface area contributed by atoms with E-state index >= 15 is 0 Å². The summed E-state index contributed by atoms with van der Waals surface area (Å²) in [6.07, 6.45) is 4.39. The zero-order valence-corrected chi connectivity index (χ0v) is 14.4. The average Bonchev–Trinajstić information content (AvgIpc) is 2.93. The summed E-state index contributed by atoms with van der Waals surface area (Å²) >= 11 is 0. The lowest BCUT2D eigenvalue weighted by Crippen LogP contribution is -2.30. The van der Waals surface area contributed by atoms with Gasteiger partial charge >= 0.3 is 0 Å². The van der Waals surface area contributed by atoms with Crippen LogP contribution in [0.5, 0.6) is 0 Å². The van der Waals surface area contributed by atoms with E-state index in [1.807, 2.05) is 6.20 Å². The molecule has 0 spiro atoms. The Hall–Kier alpha value is -2.20. The number of aromatic nitrogens is 3. The van der Waals surface area contributed by atoms with E-state index in [0.29, 0.717) is 5.92 Å². The molecule has 1 aliphatic heterocycles. The number of benzene rings is 1. The van der Waals surface area contributed by atoms with Crippen LogP contribution in [-0.2, 0) is 6.54 Å². The molecule has 1 saturated heterocycles. The number of nitrogens with one attached hydrogen (secondary N) is 1. The van der Waals surface area contributed by atoms with Crippen molar-refractivity contribution in [1.82, 2.24) is 19.9 Å². The van der Waals surface area contributed by atoms with Gasteiger partial charge in [0.15, 0.2) is 5.65 Å². The standard InChI is InChI=1S/C20H24N4/c1-14-11-18-20(22-12-14)24(13-16-7-9-21-10-8-16)19(23-18)17-6-4-3-5-15(17)2/h3-6,11-12,16,21H,7-10,13H2,1-2H3. The molecule has 4 nitrogen and oxygen atoms in total. The van der Waals surface area contributed by atoms with Gasteiger partial charge in [0, 0.05) is 18.3 Å². The lowest BCUT2D eigenvalue weighted by molar-refractivity contribution is 0.337. The molecular weight excluding hydrogens is 296 g/mol. The van der Waals surface area contributed by atoms with E-state index in [2.05, 4.69) is 54.1 Å². The van der Waals surface area contributed by atoms with E-state index in [-0.39, 0.29) is 0 Å². The Morgan fingerprint density at radius 1 is 1.17 bits per heavy atom. The highest BCUT2D eigenvalue weighted by Gasteiger charge is 2.20. The third kappa shape index (κ3) is 2.82. The monoisotopic (exact) mass is 320 g/mol. The molecule has 4 rings (SSSR count). The fourth-order valence-corrected chi connectivity index (χ4v) is 3.64. The molecule has 0 amide bonds. The van der Waals surface area contributed by atoms with Crippen LogP contribution in [0.2, 0.25) is 0 Å². The van der Waals surface area contributed by atoms with Gasteiger partial charge in [0.05, 0.1) is 0 Å². The van der Waals surface area contributed by atoms with E-state index in [0.717, 1.165) is 42.2 Å². The largest absolute Gasteiger partial charge is 0.317 e. The van der Waals surface area contributed by atoms with Crippen molar-refractivity contribution >= 4 is 11.2 Å². The van der Waals surface area contributed by atoms with Crippen LogP contribution in [0.1, 0.15) is 24.0 Å². The summed E-state index contributed by atoms with van der Waals surface area (Å²) in [5, 5.41) is 3.45. The zero-order valence-electron chi connectivity index (χ0n) is 14.4. The zero-order chi connectivity index (χ0) is 16.5. The topological polar surface area (TPSA) is 42.7 Å². The SMILES string of the molecule is Cc1cnc2c(c1)nc(-c1ccccc1C)n2CC1CCNCC1. The van der Waals surface area contributed by atoms with Crippen molar-refractivity contribution in [3.8, 4) is 11.4 Å². The molecule has 0 unspecified atom stereocenters. The number of fused-ring (bicyclic) bond motifs is 1. The van der Waals surface area contributed by atoms with E-state index < -0.39 is 0 Å². The van der Waals surface area contributed by atoms with Crippen molar-refractivity contribution < 1.29 is 0 Å². The minimum absolute atomic E-state index is 0.689. The quantitative estimate of drug-likeness (QED) is 0.800. The smallest absolute Gasteiger partial charge is 0.160 e. The molecule has 0 radical (unpaired) electrons. The average molecular weight is 320 g/mol. The van der Waals surface area contributed by atoms with Crippen LogP contribution in [0, 0.1) is 19.8 Å². The van der Waals surface area contributed by atoms with E-state index in [4.69, 9.17) is 9.97 Å². The minimum Gasteiger partial charge on any atom is -0.317 e. The van der Waals surface area contributed by atoms with Gasteiger partial charge in [-0.3, -0.25) is 0 Å². The Labute approximate surface area is 142 Å². The predicted molar refractivity (Wildman–Crippen MR) is 98.0 cm³/mol. The van der Waals surface area contributed by atoms with Crippen molar-refractivity contribution in [3.63, 3.8) is 0 Å². The number of hydrogen-bond acceptors (Lipinski definition) is 3. The first-order chi connectivity index (χ1) is 11.7. The van der Waals surface area contributed by atoms with Crippen LogP contribution in [0.25, 0.3) is 22.6 Å². The van der Waals surface area contributed by atoms with Gasteiger partial charge in [-0.25, -0.2) is 9.97 Å². The Balaban J connectivity index is 1.85. The molecular formula is C20H24N4. The van der Waals surface area contributed by atoms with Crippen molar-refractivity contribution in [2.75, 3.05) is 13.1 Å². The molecule has 0 saturated carbocycles. The first-order valence-electron chi connectivity index (χ1n) is 8.82. The van der Waals surface area contributed by atoms with Gasteiger partial charge < -0.3 is 9.88 Å². The first-order valence-corrected chi connectivity index (χ1v) is 8.82. The summed E-state index contributed by atoms with van der Waals surface area (Å²) in [4.78, 5) is 9.66. The van der Waals surface area contributed by atoms with E-state index in [1.54, 1.807) is 0 Å². The first kappa shape index (κ1) is 15.3. The molecule has 1 aromatic carbocycles. The highest BCUT2D eigenvalue weighted by Crippen LogP contribution is 2.28. The lowest BCUT2D eigenvalue weighted by atomic mass is 9.98. The minimum atomic E-state index is 0.689. The Morgan fingerprint density at radius 3 is 2.75 bits per heavy atom. The fraction of sp³-hybridized carbons (Fsp3) is 0.400. The summed E-state index contributed by atoms with van der Waals surface area (Å²) in [5.41, 5.74) is 5.64. The maximum atomic E-state index is 4.95. The molecule has 0 bridgehead atoms. The summed E-state index contributed by atoms with van der Waals surface area (Å²) < 4.78 is 2.34. The summed E-state index contributed by atoms with van der Waals surface area (Å²) in [6.45, 7) is 7.46. The number of pyridine rings is 1. The van der Waals surface area contributed by atoms with Crippen LogP contribution >= 0.6 is 0 Å². The molecule has 1 aliphatic rings. The number of piperidine rings is 1. The van der Waals surface area contributed by atoms with Gasteiger partial charge in [-0.05, 0) is 62.9 Å². The molecule has 3 aromatic rings.